The number of anilines is 1. The van der Waals surface area contributed by atoms with Crippen LogP contribution in [0.3, 0.4) is 0 Å². The summed E-state index contributed by atoms with van der Waals surface area (Å²) in [5.41, 5.74) is 6.98. The highest BCUT2D eigenvalue weighted by Crippen LogP contribution is 2.33. The Hall–Kier alpha value is -1.74. The van der Waals surface area contributed by atoms with Crippen molar-refractivity contribution in [3.05, 3.63) is 52.8 Å². The molecule has 0 bridgehead atoms. The minimum absolute atomic E-state index is 0.00632. The molecule has 0 atom stereocenters. The van der Waals surface area contributed by atoms with Crippen LogP contribution in [0.4, 0.5) is 10.1 Å². The Labute approximate surface area is 110 Å². The van der Waals surface area contributed by atoms with Crippen molar-refractivity contribution in [2.24, 2.45) is 0 Å². The summed E-state index contributed by atoms with van der Waals surface area (Å²) in [7, 11) is 0. The number of hydrogen-bond donors (Lipinski definition) is 1. The molecule has 0 unspecified atom stereocenters. The van der Waals surface area contributed by atoms with E-state index >= 15 is 0 Å². The van der Waals surface area contributed by atoms with Crippen molar-refractivity contribution in [2.45, 2.75) is 13.3 Å². The van der Waals surface area contributed by atoms with Gasteiger partial charge in [-0.1, -0.05) is 36.7 Å². The van der Waals surface area contributed by atoms with Gasteiger partial charge in [0.2, 0.25) is 0 Å². The molecule has 94 valence electrons. The fourth-order valence-electron chi connectivity index (χ4n) is 1.65. The second-order valence-electron chi connectivity index (χ2n) is 3.87. The summed E-state index contributed by atoms with van der Waals surface area (Å²) < 4.78 is 18.9. The van der Waals surface area contributed by atoms with E-state index in [4.69, 9.17) is 22.1 Å². The summed E-state index contributed by atoms with van der Waals surface area (Å²) >= 11 is 5.72. The zero-order chi connectivity index (χ0) is 13.1. The number of hydrogen-bond acceptors (Lipinski definition) is 2. The second-order valence-corrected chi connectivity index (χ2v) is 4.27. The minimum Gasteiger partial charge on any atom is -0.455 e. The maximum atomic E-state index is 13.2. The van der Waals surface area contributed by atoms with Crippen molar-refractivity contribution in [1.29, 1.82) is 0 Å². The SMILES string of the molecule is CCc1ccccc1Oc1cc(Cl)c(F)cc1N. The normalized spacial score (nSPS) is 10.4. The van der Waals surface area contributed by atoms with E-state index in [1.807, 2.05) is 31.2 Å². The maximum absolute atomic E-state index is 13.2. The average Bonchev–Trinajstić information content (AvgIpc) is 2.36. The molecule has 4 heteroatoms. The highest BCUT2D eigenvalue weighted by molar-refractivity contribution is 6.31. The van der Waals surface area contributed by atoms with Crippen LogP contribution in [-0.2, 0) is 6.42 Å². The number of rotatable bonds is 3. The molecule has 18 heavy (non-hydrogen) atoms. The molecule has 0 aliphatic carbocycles. The molecule has 0 fully saturated rings. The molecule has 0 aliphatic rings. The van der Waals surface area contributed by atoms with E-state index in [0.717, 1.165) is 18.1 Å². The van der Waals surface area contributed by atoms with E-state index in [1.54, 1.807) is 0 Å². The molecule has 2 nitrogen and oxygen atoms in total. The lowest BCUT2D eigenvalue weighted by Gasteiger charge is -2.12. The summed E-state index contributed by atoms with van der Waals surface area (Å²) in [4.78, 5) is 0. The predicted octanol–water partition coefficient (Wildman–Crippen LogP) is 4.42. The Morgan fingerprint density at radius 2 is 1.94 bits per heavy atom. The molecule has 2 N–H and O–H groups in total. The Morgan fingerprint density at radius 3 is 2.67 bits per heavy atom. The molecule has 0 radical (unpaired) electrons. The summed E-state index contributed by atoms with van der Waals surface area (Å²) in [5, 5.41) is -0.00632. The maximum Gasteiger partial charge on any atom is 0.152 e. The number of aryl methyl sites for hydroxylation is 1. The molecule has 2 aromatic carbocycles. The van der Waals surface area contributed by atoms with Gasteiger partial charge in [0.25, 0.3) is 0 Å². The third kappa shape index (κ3) is 2.57. The number of benzene rings is 2. The van der Waals surface area contributed by atoms with Gasteiger partial charge >= 0.3 is 0 Å². The van der Waals surface area contributed by atoms with E-state index < -0.39 is 5.82 Å². The zero-order valence-corrected chi connectivity index (χ0v) is 10.7. The van der Waals surface area contributed by atoms with E-state index in [2.05, 4.69) is 0 Å². The Kier molecular flexibility index (Phi) is 3.72. The smallest absolute Gasteiger partial charge is 0.152 e. The molecule has 0 saturated heterocycles. The number of ether oxygens (including phenoxy) is 1. The average molecular weight is 266 g/mol. The van der Waals surface area contributed by atoms with Crippen molar-refractivity contribution in [2.75, 3.05) is 5.73 Å². The van der Waals surface area contributed by atoms with Crippen LogP contribution >= 0.6 is 11.6 Å². The van der Waals surface area contributed by atoms with Crippen LogP contribution in [0.15, 0.2) is 36.4 Å². The summed E-state index contributed by atoms with van der Waals surface area (Å²) in [6, 6.07) is 10.2. The van der Waals surface area contributed by atoms with Gasteiger partial charge in [0, 0.05) is 12.1 Å². The van der Waals surface area contributed by atoms with Crippen molar-refractivity contribution >= 4 is 17.3 Å². The fourth-order valence-corrected chi connectivity index (χ4v) is 1.80. The van der Waals surface area contributed by atoms with Gasteiger partial charge in [0.1, 0.15) is 11.6 Å². The van der Waals surface area contributed by atoms with Crippen LogP contribution in [0.1, 0.15) is 12.5 Å². The van der Waals surface area contributed by atoms with E-state index in [9.17, 15) is 4.39 Å². The van der Waals surface area contributed by atoms with E-state index in [1.165, 1.54) is 6.07 Å². The zero-order valence-electron chi connectivity index (χ0n) is 9.91. The van der Waals surface area contributed by atoms with Crippen LogP contribution < -0.4 is 10.5 Å². The van der Waals surface area contributed by atoms with Crippen LogP contribution in [0.2, 0.25) is 5.02 Å². The van der Waals surface area contributed by atoms with E-state index in [0.29, 0.717) is 11.5 Å². The molecule has 2 rings (SSSR count). The lowest BCUT2D eigenvalue weighted by Crippen LogP contribution is -1.96. The monoisotopic (exact) mass is 265 g/mol. The minimum atomic E-state index is -0.551. The molecule has 0 aliphatic heterocycles. The van der Waals surface area contributed by atoms with Gasteiger partial charge in [-0.15, -0.1) is 0 Å². The number of nitrogen functional groups attached to an aromatic ring is 1. The molecule has 0 aromatic heterocycles. The van der Waals surface area contributed by atoms with Gasteiger partial charge in [0.15, 0.2) is 5.75 Å². The predicted molar refractivity (Wildman–Crippen MR) is 71.7 cm³/mol. The Balaban J connectivity index is 2.37. The lowest BCUT2D eigenvalue weighted by molar-refractivity contribution is 0.477. The fraction of sp³-hybridized carbons (Fsp3) is 0.143. The molecule has 0 spiro atoms. The summed E-state index contributed by atoms with van der Waals surface area (Å²) in [6.45, 7) is 2.03. The molecular formula is C14H13ClFNO. The summed E-state index contributed by atoms with van der Waals surface area (Å²) in [5.74, 6) is 0.516. The summed E-state index contributed by atoms with van der Waals surface area (Å²) in [6.07, 6.45) is 0.838. The largest absolute Gasteiger partial charge is 0.455 e. The standard InChI is InChI=1S/C14H13ClFNO/c1-2-9-5-3-4-6-13(9)18-14-7-10(15)11(16)8-12(14)17/h3-8H,2,17H2,1H3. The molecule has 0 heterocycles. The van der Waals surface area contributed by atoms with Crippen molar-refractivity contribution < 1.29 is 9.13 Å². The Morgan fingerprint density at radius 1 is 1.22 bits per heavy atom. The first kappa shape index (κ1) is 12.7. The molecule has 0 amide bonds. The van der Waals surface area contributed by atoms with Gasteiger partial charge in [0.05, 0.1) is 10.7 Å². The quantitative estimate of drug-likeness (QED) is 0.834. The number of halogens is 2. The highest BCUT2D eigenvalue weighted by Gasteiger charge is 2.09. The number of nitrogens with two attached hydrogens (primary N) is 1. The third-order valence-electron chi connectivity index (χ3n) is 2.63. The van der Waals surface area contributed by atoms with Crippen LogP contribution in [0.5, 0.6) is 11.5 Å². The third-order valence-corrected chi connectivity index (χ3v) is 2.92. The van der Waals surface area contributed by atoms with Crippen molar-refractivity contribution in [3.63, 3.8) is 0 Å². The van der Waals surface area contributed by atoms with Crippen LogP contribution in [0, 0.1) is 5.82 Å². The first-order valence-corrected chi connectivity index (χ1v) is 6.00. The topological polar surface area (TPSA) is 35.2 Å². The van der Waals surface area contributed by atoms with Gasteiger partial charge in [-0.25, -0.2) is 4.39 Å². The molecular weight excluding hydrogens is 253 g/mol. The highest BCUT2D eigenvalue weighted by atomic mass is 35.5. The molecule has 0 saturated carbocycles. The van der Waals surface area contributed by atoms with Crippen molar-refractivity contribution in [3.8, 4) is 11.5 Å². The van der Waals surface area contributed by atoms with Crippen LogP contribution in [0.25, 0.3) is 0 Å². The van der Waals surface area contributed by atoms with Crippen molar-refractivity contribution in [1.82, 2.24) is 0 Å². The lowest BCUT2D eigenvalue weighted by atomic mass is 10.1. The van der Waals surface area contributed by atoms with Gasteiger partial charge in [-0.3, -0.25) is 0 Å². The first-order valence-electron chi connectivity index (χ1n) is 5.62. The second kappa shape index (κ2) is 5.27. The van der Waals surface area contributed by atoms with Gasteiger partial charge < -0.3 is 10.5 Å². The molecule has 2 aromatic rings. The first-order chi connectivity index (χ1) is 8.61. The number of para-hydroxylation sites is 1. The van der Waals surface area contributed by atoms with Gasteiger partial charge in [-0.05, 0) is 18.1 Å². The van der Waals surface area contributed by atoms with Crippen LogP contribution in [-0.4, -0.2) is 0 Å². The Bertz CT molecular complexity index is 572. The van der Waals surface area contributed by atoms with E-state index in [-0.39, 0.29) is 10.7 Å². The van der Waals surface area contributed by atoms with Gasteiger partial charge in [-0.2, -0.15) is 0 Å².